The summed E-state index contributed by atoms with van der Waals surface area (Å²) < 4.78 is 5.75. The van der Waals surface area contributed by atoms with Crippen LogP contribution in [-0.2, 0) is 11.3 Å². The molecule has 1 aromatic carbocycles. The lowest BCUT2D eigenvalue weighted by Crippen LogP contribution is -2.34. The van der Waals surface area contributed by atoms with Gasteiger partial charge in [0.1, 0.15) is 18.4 Å². The van der Waals surface area contributed by atoms with Gasteiger partial charge in [-0.1, -0.05) is 30.3 Å². The maximum absolute atomic E-state index is 12.1. The normalized spacial score (nSPS) is 16.8. The Hall–Kier alpha value is -3.25. The van der Waals surface area contributed by atoms with Gasteiger partial charge >= 0.3 is 5.97 Å². The number of ether oxygens (including phenoxy) is 1. The molecule has 1 N–H and O–H groups in total. The van der Waals surface area contributed by atoms with Crippen LogP contribution in [-0.4, -0.2) is 39.1 Å². The highest BCUT2D eigenvalue weighted by atomic mass is 16.5. The number of hydrogen-bond donors (Lipinski definition) is 1. The number of hydrogen-bond acceptors (Lipinski definition) is 5. The van der Waals surface area contributed by atoms with E-state index in [2.05, 4.69) is 9.97 Å². The van der Waals surface area contributed by atoms with Crippen LogP contribution >= 0.6 is 0 Å². The van der Waals surface area contributed by atoms with Gasteiger partial charge in [0.05, 0.1) is 5.69 Å². The smallest absolute Gasteiger partial charge is 0.325 e. The molecule has 3 aromatic rings. The lowest BCUT2D eigenvalue weighted by atomic mass is 10.0. The van der Waals surface area contributed by atoms with E-state index in [9.17, 15) is 9.90 Å². The van der Waals surface area contributed by atoms with Crippen molar-refractivity contribution in [3.8, 4) is 17.0 Å². The van der Waals surface area contributed by atoms with E-state index >= 15 is 0 Å². The van der Waals surface area contributed by atoms with Crippen molar-refractivity contribution >= 4 is 5.97 Å². The Labute approximate surface area is 157 Å². The standard InChI is InChI=1S/C21H19N3O3/c25-21(26)20-17-13-22-10-8-19(17)27-12-11-24(20)14-15-5-1-2-6-16(15)18-7-3-4-9-23-18/h1-10,13,20H,11-12,14H2,(H,25,26). The molecule has 0 aliphatic carbocycles. The fourth-order valence-corrected chi connectivity index (χ4v) is 3.44. The van der Waals surface area contributed by atoms with Crippen molar-refractivity contribution < 1.29 is 14.6 Å². The number of carboxylic acid groups (broad SMARTS) is 1. The van der Waals surface area contributed by atoms with Gasteiger partial charge < -0.3 is 9.84 Å². The van der Waals surface area contributed by atoms with E-state index < -0.39 is 12.0 Å². The van der Waals surface area contributed by atoms with Gasteiger partial charge in [0.2, 0.25) is 0 Å². The Morgan fingerprint density at radius 3 is 2.81 bits per heavy atom. The third kappa shape index (κ3) is 3.52. The van der Waals surface area contributed by atoms with Gasteiger partial charge in [0.15, 0.2) is 0 Å². The maximum atomic E-state index is 12.1. The van der Waals surface area contributed by atoms with Crippen LogP contribution in [0.2, 0.25) is 0 Å². The molecule has 0 amide bonds. The number of aliphatic carboxylic acids is 1. The van der Waals surface area contributed by atoms with Crippen LogP contribution in [0.25, 0.3) is 11.3 Å². The van der Waals surface area contributed by atoms with Gasteiger partial charge in [0, 0.05) is 42.8 Å². The van der Waals surface area contributed by atoms with Crippen LogP contribution in [0, 0.1) is 0 Å². The number of pyridine rings is 2. The van der Waals surface area contributed by atoms with Crippen LogP contribution in [0.5, 0.6) is 5.75 Å². The first-order valence-corrected chi connectivity index (χ1v) is 8.77. The van der Waals surface area contributed by atoms with Crippen molar-refractivity contribution in [2.75, 3.05) is 13.2 Å². The molecule has 6 nitrogen and oxygen atoms in total. The zero-order valence-corrected chi connectivity index (χ0v) is 14.7. The summed E-state index contributed by atoms with van der Waals surface area (Å²) in [6.45, 7) is 1.40. The summed E-state index contributed by atoms with van der Waals surface area (Å²) in [7, 11) is 0. The van der Waals surface area contributed by atoms with E-state index in [1.54, 1.807) is 24.7 Å². The van der Waals surface area contributed by atoms with E-state index in [1.807, 2.05) is 47.4 Å². The first-order valence-electron chi connectivity index (χ1n) is 8.77. The number of rotatable bonds is 4. The number of benzene rings is 1. The first-order chi connectivity index (χ1) is 13.2. The van der Waals surface area contributed by atoms with Gasteiger partial charge in [-0.2, -0.15) is 0 Å². The molecule has 0 fully saturated rings. The summed E-state index contributed by atoms with van der Waals surface area (Å²) in [6.07, 6.45) is 4.95. The predicted molar refractivity (Wildman–Crippen MR) is 100 cm³/mol. The van der Waals surface area contributed by atoms with Crippen molar-refractivity contribution in [3.05, 3.63) is 78.2 Å². The van der Waals surface area contributed by atoms with Gasteiger partial charge in [-0.05, 0) is 23.8 Å². The molecule has 4 rings (SSSR count). The highest BCUT2D eigenvalue weighted by Crippen LogP contribution is 2.33. The second kappa shape index (κ2) is 7.55. The molecule has 27 heavy (non-hydrogen) atoms. The number of fused-ring (bicyclic) bond motifs is 1. The SMILES string of the molecule is O=C(O)C1c2cnccc2OCCN1Cc1ccccc1-c1ccccn1. The van der Waals surface area contributed by atoms with Crippen molar-refractivity contribution in [1.29, 1.82) is 0 Å². The van der Waals surface area contributed by atoms with Gasteiger partial charge in [-0.15, -0.1) is 0 Å². The molecule has 1 aliphatic rings. The van der Waals surface area contributed by atoms with Crippen molar-refractivity contribution in [2.45, 2.75) is 12.6 Å². The third-order valence-electron chi connectivity index (χ3n) is 4.67. The number of aromatic nitrogens is 2. The van der Waals surface area contributed by atoms with E-state index in [1.165, 1.54) is 0 Å². The number of carbonyl (C=O) groups is 1. The van der Waals surface area contributed by atoms with E-state index in [-0.39, 0.29) is 0 Å². The van der Waals surface area contributed by atoms with Crippen LogP contribution in [0.3, 0.4) is 0 Å². The molecule has 3 heterocycles. The minimum Gasteiger partial charge on any atom is -0.492 e. The molecule has 0 bridgehead atoms. The summed E-state index contributed by atoms with van der Waals surface area (Å²) >= 11 is 0. The van der Waals surface area contributed by atoms with Crippen LogP contribution in [0.15, 0.2) is 67.1 Å². The Morgan fingerprint density at radius 1 is 1.15 bits per heavy atom. The average Bonchev–Trinajstić information content (AvgIpc) is 2.88. The monoisotopic (exact) mass is 361 g/mol. The number of carboxylic acids is 1. The fraction of sp³-hybridized carbons (Fsp3) is 0.190. The van der Waals surface area contributed by atoms with Gasteiger partial charge in [-0.25, -0.2) is 0 Å². The van der Waals surface area contributed by atoms with Crippen molar-refractivity contribution in [1.82, 2.24) is 14.9 Å². The molecular weight excluding hydrogens is 342 g/mol. The largest absolute Gasteiger partial charge is 0.492 e. The third-order valence-corrected chi connectivity index (χ3v) is 4.67. The molecule has 2 aromatic heterocycles. The molecule has 0 radical (unpaired) electrons. The lowest BCUT2D eigenvalue weighted by molar-refractivity contribution is -0.143. The summed E-state index contributed by atoms with van der Waals surface area (Å²) in [4.78, 5) is 22.5. The van der Waals surface area contributed by atoms with Gasteiger partial charge in [0.25, 0.3) is 0 Å². The molecule has 1 atom stereocenters. The summed E-state index contributed by atoms with van der Waals surface area (Å²) in [5.41, 5.74) is 3.47. The topological polar surface area (TPSA) is 75.6 Å². The summed E-state index contributed by atoms with van der Waals surface area (Å²) in [5, 5.41) is 9.91. The quantitative estimate of drug-likeness (QED) is 0.769. The van der Waals surface area contributed by atoms with Crippen LogP contribution < -0.4 is 4.74 Å². The van der Waals surface area contributed by atoms with Crippen molar-refractivity contribution in [2.24, 2.45) is 0 Å². The van der Waals surface area contributed by atoms with Gasteiger partial charge in [-0.3, -0.25) is 19.7 Å². The van der Waals surface area contributed by atoms with E-state index in [0.29, 0.717) is 31.0 Å². The lowest BCUT2D eigenvalue weighted by Gasteiger charge is -2.27. The Bertz CT molecular complexity index is 946. The second-order valence-corrected chi connectivity index (χ2v) is 6.35. The molecule has 0 saturated carbocycles. The summed E-state index contributed by atoms with van der Waals surface area (Å²) in [6, 6.07) is 14.6. The molecule has 6 heteroatoms. The highest BCUT2D eigenvalue weighted by molar-refractivity contribution is 5.77. The Kier molecular flexibility index (Phi) is 4.80. The Balaban J connectivity index is 1.71. The molecule has 0 spiro atoms. The average molecular weight is 361 g/mol. The Morgan fingerprint density at radius 2 is 2.00 bits per heavy atom. The molecular formula is C21H19N3O3. The maximum Gasteiger partial charge on any atom is 0.325 e. The second-order valence-electron chi connectivity index (χ2n) is 6.35. The summed E-state index contributed by atoms with van der Waals surface area (Å²) in [5.74, 6) is -0.331. The molecule has 0 saturated heterocycles. The molecule has 1 aliphatic heterocycles. The molecule has 1 unspecified atom stereocenters. The molecule has 136 valence electrons. The van der Waals surface area contributed by atoms with Crippen LogP contribution in [0.4, 0.5) is 0 Å². The van der Waals surface area contributed by atoms with E-state index in [4.69, 9.17) is 4.74 Å². The zero-order valence-electron chi connectivity index (χ0n) is 14.7. The van der Waals surface area contributed by atoms with Crippen molar-refractivity contribution in [3.63, 3.8) is 0 Å². The number of nitrogens with zero attached hydrogens (tertiary/aromatic N) is 3. The van der Waals surface area contributed by atoms with Crippen LogP contribution in [0.1, 0.15) is 17.2 Å². The fourth-order valence-electron chi connectivity index (χ4n) is 3.44. The minimum atomic E-state index is -0.912. The predicted octanol–water partition coefficient (Wildman–Crippen LogP) is 3.16. The minimum absolute atomic E-state index is 0.423. The van der Waals surface area contributed by atoms with E-state index in [0.717, 1.165) is 16.8 Å². The zero-order chi connectivity index (χ0) is 18.6. The first kappa shape index (κ1) is 17.2. The highest BCUT2D eigenvalue weighted by Gasteiger charge is 2.33.